The van der Waals surface area contributed by atoms with E-state index in [1.807, 2.05) is 42.5 Å². The molecule has 0 spiro atoms. The summed E-state index contributed by atoms with van der Waals surface area (Å²) < 4.78 is 5.20. The number of rotatable bonds is 3. The van der Waals surface area contributed by atoms with Crippen LogP contribution in [0.15, 0.2) is 61.2 Å². The van der Waals surface area contributed by atoms with Gasteiger partial charge in [0.25, 0.3) is 0 Å². The zero-order valence-corrected chi connectivity index (χ0v) is 9.31. The van der Waals surface area contributed by atoms with E-state index in [9.17, 15) is 0 Å². The van der Waals surface area contributed by atoms with E-state index in [0.717, 1.165) is 22.4 Å². The maximum Gasteiger partial charge on any atom is 0.119 e. The molecule has 0 radical (unpaired) electrons. The monoisotopic (exact) mass is 210 g/mol. The van der Waals surface area contributed by atoms with Crippen LogP contribution in [0.3, 0.4) is 0 Å². The molecule has 0 bridgehead atoms. The number of ether oxygens (including phenoxy) is 1. The largest absolute Gasteiger partial charge is 0.497 e. The topological polar surface area (TPSA) is 9.23 Å². The minimum Gasteiger partial charge on any atom is -0.497 e. The zero-order valence-electron chi connectivity index (χ0n) is 9.31. The van der Waals surface area contributed by atoms with Crippen LogP contribution < -0.4 is 4.74 Å². The molecule has 0 saturated heterocycles. The lowest BCUT2D eigenvalue weighted by molar-refractivity contribution is 0.414. The van der Waals surface area contributed by atoms with Gasteiger partial charge in [-0.3, -0.25) is 0 Å². The minimum absolute atomic E-state index is 0.856. The first-order valence-electron chi connectivity index (χ1n) is 5.20. The van der Waals surface area contributed by atoms with Crippen molar-refractivity contribution in [2.45, 2.75) is 0 Å². The van der Waals surface area contributed by atoms with Crippen LogP contribution in [-0.4, -0.2) is 7.11 Å². The SMILES string of the molecule is C=C(c1ccccc1)c1cccc(OC)c1. The highest BCUT2D eigenvalue weighted by Gasteiger charge is 2.02. The summed E-state index contributed by atoms with van der Waals surface area (Å²) in [6.45, 7) is 4.12. The molecule has 0 heterocycles. The Kier molecular flexibility index (Phi) is 3.06. The molecule has 0 unspecified atom stereocenters. The van der Waals surface area contributed by atoms with Crippen molar-refractivity contribution in [3.63, 3.8) is 0 Å². The van der Waals surface area contributed by atoms with Gasteiger partial charge in [-0.1, -0.05) is 49.0 Å². The fourth-order valence-electron chi connectivity index (χ4n) is 1.62. The van der Waals surface area contributed by atoms with Gasteiger partial charge in [0, 0.05) is 0 Å². The van der Waals surface area contributed by atoms with Gasteiger partial charge in [-0.25, -0.2) is 0 Å². The van der Waals surface area contributed by atoms with Gasteiger partial charge < -0.3 is 4.74 Å². The van der Waals surface area contributed by atoms with Crippen molar-refractivity contribution >= 4 is 5.57 Å². The van der Waals surface area contributed by atoms with E-state index in [0.29, 0.717) is 0 Å². The summed E-state index contributed by atoms with van der Waals surface area (Å²) in [6, 6.07) is 18.1. The number of hydrogen-bond acceptors (Lipinski definition) is 1. The molecule has 2 rings (SSSR count). The van der Waals surface area contributed by atoms with E-state index in [1.165, 1.54) is 0 Å². The maximum atomic E-state index is 5.20. The predicted octanol–water partition coefficient (Wildman–Crippen LogP) is 3.76. The summed E-state index contributed by atoms with van der Waals surface area (Å²) in [5, 5.41) is 0. The summed E-state index contributed by atoms with van der Waals surface area (Å²) >= 11 is 0. The van der Waals surface area contributed by atoms with Gasteiger partial charge in [0.1, 0.15) is 5.75 Å². The highest BCUT2D eigenvalue weighted by Crippen LogP contribution is 2.24. The predicted molar refractivity (Wildman–Crippen MR) is 67.6 cm³/mol. The third-order valence-electron chi connectivity index (χ3n) is 2.54. The fraction of sp³-hybridized carbons (Fsp3) is 0.0667. The Morgan fingerprint density at radius 1 is 0.938 bits per heavy atom. The van der Waals surface area contributed by atoms with Gasteiger partial charge in [-0.05, 0) is 28.8 Å². The molecule has 0 aromatic heterocycles. The summed E-state index contributed by atoms with van der Waals surface area (Å²) in [7, 11) is 1.67. The van der Waals surface area contributed by atoms with E-state index in [-0.39, 0.29) is 0 Å². The van der Waals surface area contributed by atoms with Crippen LogP contribution in [0.2, 0.25) is 0 Å². The fourth-order valence-corrected chi connectivity index (χ4v) is 1.62. The Bertz CT molecular complexity index is 486. The quantitative estimate of drug-likeness (QED) is 0.749. The Hall–Kier alpha value is -2.02. The van der Waals surface area contributed by atoms with E-state index >= 15 is 0 Å². The first-order valence-corrected chi connectivity index (χ1v) is 5.20. The lowest BCUT2D eigenvalue weighted by Crippen LogP contribution is -1.88. The summed E-state index contributed by atoms with van der Waals surface area (Å²) in [4.78, 5) is 0. The van der Waals surface area contributed by atoms with Crippen LogP contribution in [0.4, 0.5) is 0 Å². The Morgan fingerprint density at radius 2 is 1.62 bits per heavy atom. The van der Waals surface area contributed by atoms with Gasteiger partial charge in [-0.15, -0.1) is 0 Å². The zero-order chi connectivity index (χ0) is 11.4. The van der Waals surface area contributed by atoms with Crippen molar-refractivity contribution in [3.8, 4) is 5.75 Å². The van der Waals surface area contributed by atoms with Crippen molar-refractivity contribution in [1.29, 1.82) is 0 Å². The molecular weight excluding hydrogens is 196 g/mol. The highest BCUT2D eigenvalue weighted by molar-refractivity contribution is 5.78. The van der Waals surface area contributed by atoms with Crippen molar-refractivity contribution in [2.75, 3.05) is 7.11 Å². The molecule has 2 aromatic carbocycles. The molecule has 0 aliphatic rings. The van der Waals surface area contributed by atoms with Crippen LogP contribution in [0.5, 0.6) is 5.75 Å². The summed E-state index contributed by atoms with van der Waals surface area (Å²) in [6.07, 6.45) is 0. The van der Waals surface area contributed by atoms with E-state index < -0.39 is 0 Å². The second kappa shape index (κ2) is 4.67. The molecule has 0 amide bonds. The minimum atomic E-state index is 0.856. The molecule has 1 heteroatoms. The molecule has 0 aliphatic heterocycles. The van der Waals surface area contributed by atoms with Crippen LogP contribution >= 0.6 is 0 Å². The van der Waals surface area contributed by atoms with E-state index in [2.05, 4.69) is 18.7 Å². The Balaban J connectivity index is 2.34. The molecule has 2 aromatic rings. The molecule has 1 nitrogen and oxygen atoms in total. The van der Waals surface area contributed by atoms with Crippen LogP contribution in [-0.2, 0) is 0 Å². The molecule has 16 heavy (non-hydrogen) atoms. The molecule has 80 valence electrons. The van der Waals surface area contributed by atoms with Gasteiger partial charge in [-0.2, -0.15) is 0 Å². The smallest absolute Gasteiger partial charge is 0.119 e. The average Bonchev–Trinajstić information content (AvgIpc) is 2.39. The van der Waals surface area contributed by atoms with Gasteiger partial charge in [0.05, 0.1) is 7.11 Å². The van der Waals surface area contributed by atoms with Crippen molar-refractivity contribution in [1.82, 2.24) is 0 Å². The average molecular weight is 210 g/mol. The third kappa shape index (κ3) is 2.14. The first kappa shape index (κ1) is 10.5. The van der Waals surface area contributed by atoms with Gasteiger partial charge in [0.2, 0.25) is 0 Å². The molecule has 0 aliphatic carbocycles. The third-order valence-corrected chi connectivity index (χ3v) is 2.54. The lowest BCUT2D eigenvalue weighted by Gasteiger charge is -2.07. The Labute approximate surface area is 96.0 Å². The highest BCUT2D eigenvalue weighted by atomic mass is 16.5. The molecule has 0 saturated carbocycles. The van der Waals surface area contributed by atoms with Crippen molar-refractivity contribution in [3.05, 3.63) is 72.3 Å². The van der Waals surface area contributed by atoms with Gasteiger partial charge in [0.15, 0.2) is 0 Å². The number of hydrogen-bond donors (Lipinski definition) is 0. The molecular formula is C15H14O. The van der Waals surface area contributed by atoms with E-state index in [4.69, 9.17) is 4.74 Å². The lowest BCUT2D eigenvalue weighted by atomic mass is 10.00. The second-order valence-electron chi connectivity index (χ2n) is 3.58. The second-order valence-corrected chi connectivity index (χ2v) is 3.58. The summed E-state index contributed by atoms with van der Waals surface area (Å²) in [5.41, 5.74) is 3.24. The molecule has 0 atom stereocenters. The number of benzene rings is 2. The molecule has 0 fully saturated rings. The molecule has 0 N–H and O–H groups in total. The standard InChI is InChI=1S/C15H14O/c1-12(13-7-4-3-5-8-13)14-9-6-10-15(11-14)16-2/h3-11H,1H2,2H3. The van der Waals surface area contributed by atoms with Crippen molar-refractivity contribution < 1.29 is 4.74 Å². The normalized spacial score (nSPS) is 9.81. The van der Waals surface area contributed by atoms with E-state index in [1.54, 1.807) is 7.11 Å². The first-order chi connectivity index (χ1) is 7.81. The van der Waals surface area contributed by atoms with Crippen LogP contribution in [0, 0.1) is 0 Å². The number of methoxy groups -OCH3 is 1. The Morgan fingerprint density at radius 3 is 2.31 bits per heavy atom. The van der Waals surface area contributed by atoms with Crippen molar-refractivity contribution in [2.24, 2.45) is 0 Å². The van der Waals surface area contributed by atoms with Crippen LogP contribution in [0.1, 0.15) is 11.1 Å². The van der Waals surface area contributed by atoms with Gasteiger partial charge >= 0.3 is 0 Å². The van der Waals surface area contributed by atoms with Crippen LogP contribution in [0.25, 0.3) is 5.57 Å². The summed E-state index contributed by atoms with van der Waals surface area (Å²) in [5.74, 6) is 0.856. The maximum absolute atomic E-state index is 5.20.